The van der Waals surface area contributed by atoms with Crippen molar-refractivity contribution in [2.45, 2.75) is 13.3 Å². The van der Waals surface area contributed by atoms with Crippen LogP contribution in [0.15, 0.2) is 42.5 Å². The van der Waals surface area contributed by atoms with Crippen LogP contribution < -0.4 is 4.90 Å². The third-order valence-electron chi connectivity index (χ3n) is 5.06. The molecule has 0 radical (unpaired) electrons. The fraction of sp³-hybridized carbons (Fsp3) is 0.381. The number of hydrogen-bond acceptors (Lipinski definition) is 4. The van der Waals surface area contributed by atoms with Crippen LogP contribution in [0.5, 0.6) is 0 Å². The minimum Gasteiger partial charge on any atom is -0.469 e. The maximum atomic E-state index is 12.8. The molecule has 1 heterocycles. The number of amides is 2. The van der Waals surface area contributed by atoms with Crippen LogP contribution in [-0.2, 0) is 19.1 Å². The predicted octanol–water partition coefficient (Wildman–Crippen LogP) is 2.46. The third-order valence-corrected chi connectivity index (χ3v) is 5.06. The summed E-state index contributed by atoms with van der Waals surface area (Å²) in [6.45, 7) is 2.34. The number of esters is 1. The zero-order chi connectivity index (χ0) is 19.6. The third kappa shape index (κ3) is 3.79. The molecule has 2 amide bonds. The van der Waals surface area contributed by atoms with Crippen LogP contribution in [0.4, 0.5) is 5.69 Å². The number of anilines is 1. The first-order valence-corrected chi connectivity index (χ1v) is 9.03. The van der Waals surface area contributed by atoms with Crippen LogP contribution >= 0.6 is 0 Å². The monoisotopic (exact) mass is 368 g/mol. The van der Waals surface area contributed by atoms with Crippen molar-refractivity contribution in [2.75, 3.05) is 32.1 Å². The molecule has 0 N–H and O–H groups in total. The van der Waals surface area contributed by atoms with Crippen LogP contribution in [0.2, 0.25) is 0 Å². The summed E-state index contributed by atoms with van der Waals surface area (Å²) in [5.41, 5.74) is 0.832. The second kappa shape index (κ2) is 7.78. The van der Waals surface area contributed by atoms with Gasteiger partial charge in [0.1, 0.15) is 0 Å². The zero-order valence-corrected chi connectivity index (χ0v) is 15.8. The Balaban J connectivity index is 1.75. The van der Waals surface area contributed by atoms with Gasteiger partial charge >= 0.3 is 5.97 Å². The van der Waals surface area contributed by atoms with Gasteiger partial charge in [0.15, 0.2) is 0 Å². The van der Waals surface area contributed by atoms with Gasteiger partial charge in [-0.1, -0.05) is 43.3 Å². The molecule has 1 fully saturated rings. The van der Waals surface area contributed by atoms with Crippen LogP contribution in [0.3, 0.4) is 0 Å². The van der Waals surface area contributed by atoms with Gasteiger partial charge in [-0.15, -0.1) is 0 Å². The second-order valence-corrected chi connectivity index (χ2v) is 7.05. The van der Waals surface area contributed by atoms with E-state index in [0.717, 1.165) is 16.5 Å². The molecule has 0 spiro atoms. The van der Waals surface area contributed by atoms with E-state index in [1.165, 1.54) is 12.0 Å². The van der Waals surface area contributed by atoms with Crippen molar-refractivity contribution in [2.24, 2.45) is 11.8 Å². The summed E-state index contributed by atoms with van der Waals surface area (Å²) in [5, 5.41) is 2.05. The van der Waals surface area contributed by atoms with E-state index in [1.54, 1.807) is 18.9 Å². The Morgan fingerprint density at radius 3 is 2.67 bits per heavy atom. The molecular weight excluding hydrogens is 344 g/mol. The van der Waals surface area contributed by atoms with Crippen LogP contribution in [-0.4, -0.2) is 49.9 Å². The molecule has 3 rings (SSSR count). The van der Waals surface area contributed by atoms with E-state index in [1.807, 2.05) is 42.5 Å². The van der Waals surface area contributed by atoms with Gasteiger partial charge in [0, 0.05) is 31.9 Å². The molecule has 0 bridgehead atoms. The fourth-order valence-corrected chi connectivity index (χ4v) is 3.64. The Morgan fingerprint density at radius 2 is 1.93 bits per heavy atom. The fourth-order valence-electron chi connectivity index (χ4n) is 3.64. The van der Waals surface area contributed by atoms with Gasteiger partial charge in [-0.3, -0.25) is 14.4 Å². The van der Waals surface area contributed by atoms with Gasteiger partial charge in [0.05, 0.1) is 24.6 Å². The summed E-state index contributed by atoms with van der Waals surface area (Å²) in [6.07, 6.45) is 0.180. The average Bonchev–Trinajstić information content (AvgIpc) is 3.07. The molecule has 1 aliphatic heterocycles. The van der Waals surface area contributed by atoms with Crippen molar-refractivity contribution in [1.29, 1.82) is 0 Å². The predicted molar refractivity (Wildman–Crippen MR) is 103 cm³/mol. The molecule has 142 valence electrons. The summed E-state index contributed by atoms with van der Waals surface area (Å²) in [7, 11) is 2.99. The lowest BCUT2D eigenvalue weighted by molar-refractivity contribution is -0.146. The number of benzene rings is 2. The lowest BCUT2D eigenvalue weighted by Gasteiger charge is -2.24. The molecule has 1 aliphatic rings. The van der Waals surface area contributed by atoms with E-state index in [0.29, 0.717) is 6.54 Å². The lowest BCUT2D eigenvalue weighted by atomic mass is 10.1. The largest absolute Gasteiger partial charge is 0.469 e. The first kappa shape index (κ1) is 18.9. The molecule has 2 aromatic carbocycles. The van der Waals surface area contributed by atoms with Crippen molar-refractivity contribution < 1.29 is 19.1 Å². The van der Waals surface area contributed by atoms with E-state index in [9.17, 15) is 14.4 Å². The average molecular weight is 368 g/mol. The number of nitrogens with zero attached hydrogens (tertiary/aromatic N) is 2. The van der Waals surface area contributed by atoms with Crippen LogP contribution in [0.1, 0.15) is 13.3 Å². The van der Waals surface area contributed by atoms with E-state index in [4.69, 9.17) is 4.74 Å². The smallest absolute Gasteiger partial charge is 0.310 e. The van der Waals surface area contributed by atoms with Crippen molar-refractivity contribution in [3.05, 3.63) is 42.5 Å². The Kier molecular flexibility index (Phi) is 5.44. The Hall–Kier alpha value is -2.89. The normalized spacial score (nSPS) is 17.8. The van der Waals surface area contributed by atoms with Gasteiger partial charge in [0.25, 0.3) is 0 Å². The first-order valence-electron chi connectivity index (χ1n) is 9.03. The maximum Gasteiger partial charge on any atom is 0.310 e. The summed E-state index contributed by atoms with van der Waals surface area (Å²) >= 11 is 0. The second-order valence-electron chi connectivity index (χ2n) is 7.05. The molecule has 6 nitrogen and oxygen atoms in total. The number of rotatable bonds is 5. The van der Waals surface area contributed by atoms with Gasteiger partial charge in [0.2, 0.25) is 11.8 Å². The van der Waals surface area contributed by atoms with Crippen molar-refractivity contribution in [3.8, 4) is 0 Å². The zero-order valence-electron chi connectivity index (χ0n) is 15.8. The molecule has 0 aliphatic carbocycles. The lowest BCUT2D eigenvalue weighted by Crippen LogP contribution is -2.38. The molecule has 2 aromatic rings. The minimum absolute atomic E-state index is 0.0564. The van der Waals surface area contributed by atoms with Crippen LogP contribution in [0, 0.1) is 11.8 Å². The number of carbonyl (C=O) groups is 3. The highest BCUT2D eigenvalue weighted by molar-refractivity contribution is 6.07. The summed E-state index contributed by atoms with van der Waals surface area (Å²) in [4.78, 5) is 40.2. The van der Waals surface area contributed by atoms with E-state index in [-0.39, 0.29) is 30.7 Å². The van der Waals surface area contributed by atoms with Crippen molar-refractivity contribution >= 4 is 34.2 Å². The molecule has 6 heteroatoms. The molecule has 27 heavy (non-hydrogen) atoms. The molecule has 1 saturated heterocycles. The van der Waals surface area contributed by atoms with E-state index >= 15 is 0 Å². The first-order chi connectivity index (χ1) is 12.9. The SMILES string of the molecule is COC(=O)[C@@H](C)CN(C)C(=O)[C@@H]1CC(=O)N(c2cccc3ccccc23)C1. The number of methoxy groups -OCH3 is 1. The molecule has 0 aromatic heterocycles. The molecule has 0 unspecified atom stereocenters. The van der Waals surface area contributed by atoms with Gasteiger partial charge in [-0.25, -0.2) is 0 Å². The molecular formula is C21H24N2O4. The topological polar surface area (TPSA) is 66.9 Å². The van der Waals surface area contributed by atoms with Crippen molar-refractivity contribution in [3.63, 3.8) is 0 Å². The maximum absolute atomic E-state index is 12.8. The number of ether oxygens (including phenoxy) is 1. The highest BCUT2D eigenvalue weighted by atomic mass is 16.5. The summed E-state index contributed by atoms with van der Waals surface area (Å²) < 4.78 is 4.71. The Labute approximate surface area is 158 Å². The quantitative estimate of drug-likeness (QED) is 0.761. The van der Waals surface area contributed by atoms with Crippen molar-refractivity contribution in [1.82, 2.24) is 4.90 Å². The summed E-state index contributed by atoms with van der Waals surface area (Å²) in [6, 6.07) is 13.7. The molecule has 2 atom stereocenters. The minimum atomic E-state index is -0.411. The highest BCUT2D eigenvalue weighted by Gasteiger charge is 2.37. The number of carbonyl (C=O) groups excluding carboxylic acids is 3. The summed E-state index contributed by atoms with van der Waals surface area (Å²) in [5.74, 6) is -1.35. The molecule has 0 saturated carbocycles. The Morgan fingerprint density at radius 1 is 1.22 bits per heavy atom. The standard InChI is InChI=1S/C21H24N2O4/c1-14(21(26)27-3)12-22(2)20(25)16-11-19(24)23(13-16)18-10-6-8-15-7-4-5-9-17(15)18/h4-10,14,16H,11-13H2,1-3H3/t14-,16+/m0/s1. The van der Waals surface area contributed by atoms with E-state index < -0.39 is 11.8 Å². The van der Waals surface area contributed by atoms with Gasteiger partial charge < -0.3 is 14.5 Å². The number of hydrogen-bond donors (Lipinski definition) is 0. The van der Waals surface area contributed by atoms with E-state index in [2.05, 4.69) is 0 Å². The van der Waals surface area contributed by atoms with Crippen LogP contribution in [0.25, 0.3) is 10.8 Å². The van der Waals surface area contributed by atoms with Gasteiger partial charge in [-0.2, -0.15) is 0 Å². The number of fused-ring (bicyclic) bond motifs is 1. The Bertz CT molecular complexity index is 874. The highest BCUT2D eigenvalue weighted by Crippen LogP contribution is 2.32. The van der Waals surface area contributed by atoms with Gasteiger partial charge in [-0.05, 0) is 11.5 Å².